The van der Waals surface area contributed by atoms with Crippen LogP contribution in [-0.4, -0.2) is 142 Å². The molecular formula is C50H88O15. The van der Waals surface area contributed by atoms with E-state index < -0.39 is 99.3 Å². The number of allylic oxidation sites excluding steroid dienone is 6. The third kappa shape index (κ3) is 26.2. The van der Waals surface area contributed by atoms with Gasteiger partial charge in [0.15, 0.2) is 18.7 Å². The van der Waals surface area contributed by atoms with Gasteiger partial charge in [-0.15, -0.1) is 0 Å². The summed E-state index contributed by atoms with van der Waals surface area (Å²) in [5.74, 6) is -0.967. The van der Waals surface area contributed by atoms with Gasteiger partial charge in [-0.05, 0) is 51.4 Å². The van der Waals surface area contributed by atoms with Gasteiger partial charge in [0.1, 0.15) is 55.4 Å². The Bertz CT molecular complexity index is 1280. The largest absolute Gasteiger partial charge is 0.462 e. The minimum absolute atomic E-state index is 0.160. The smallest absolute Gasteiger partial charge is 0.306 e. The molecule has 15 nitrogen and oxygen atoms in total. The summed E-state index contributed by atoms with van der Waals surface area (Å²) in [4.78, 5) is 25.7. The topological polar surface area (TPSA) is 231 Å². The van der Waals surface area contributed by atoms with Crippen LogP contribution in [0.1, 0.15) is 174 Å². The second-order valence-corrected chi connectivity index (χ2v) is 17.6. The van der Waals surface area contributed by atoms with Gasteiger partial charge in [0.05, 0.1) is 19.8 Å². The first-order valence-electron chi connectivity index (χ1n) is 25.1. The van der Waals surface area contributed by atoms with Crippen LogP contribution in [0, 0.1) is 0 Å². The van der Waals surface area contributed by atoms with Crippen LogP contribution in [0.3, 0.4) is 0 Å². The minimum Gasteiger partial charge on any atom is -0.462 e. The maximum atomic E-state index is 13.0. The van der Waals surface area contributed by atoms with E-state index in [1.807, 2.05) is 0 Å². The predicted molar refractivity (Wildman–Crippen MR) is 247 cm³/mol. The number of rotatable bonds is 38. The lowest BCUT2D eigenvalue weighted by Crippen LogP contribution is -2.61. The maximum absolute atomic E-state index is 13.0. The van der Waals surface area contributed by atoms with Crippen molar-refractivity contribution < 1.29 is 73.8 Å². The molecule has 2 heterocycles. The highest BCUT2D eigenvalue weighted by Crippen LogP contribution is 2.26. The number of carbonyl (C=O) groups excluding carboxylic acids is 2. The Kier molecular flexibility index (Phi) is 34.1. The second kappa shape index (κ2) is 37.7. The quantitative estimate of drug-likeness (QED) is 0.0198. The molecule has 2 saturated heterocycles. The zero-order valence-corrected chi connectivity index (χ0v) is 39.7. The normalized spacial score (nSPS) is 26.7. The predicted octanol–water partition coefficient (Wildman–Crippen LogP) is 6.54. The summed E-state index contributed by atoms with van der Waals surface area (Å²) in [5.41, 5.74) is 0. The summed E-state index contributed by atoms with van der Waals surface area (Å²) in [6.07, 6.45) is 21.8. The number of unbranched alkanes of at least 4 members (excludes halogenated alkanes) is 18. The lowest BCUT2D eigenvalue weighted by Gasteiger charge is -2.42. The van der Waals surface area contributed by atoms with E-state index in [2.05, 4.69) is 50.3 Å². The first kappa shape index (κ1) is 58.8. The van der Waals surface area contributed by atoms with Crippen molar-refractivity contribution in [2.75, 3.05) is 26.4 Å². The van der Waals surface area contributed by atoms with Crippen molar-refractivity contribution in [1.82, 2.24) is 0 Å². The van der Waals surface area contributed by atoms with Gasteiger partial charge in [-0.3, -0.25) is 9.59 Å². The van der Waals surface area contributed by atoms with Gasteiger partial charge in [0.25, 0.3) is 0 Å². The molecule has 2 fully saturated rings. The SMILES string of the molecule is CCCCC/C=C/C/C=C/C/C=C/CCCCC(=O)OC[C@H](CO[C@@H]1O[C@H](CO[C@@H]2O[C@H](CO)[C@H](O)C(O)C2O)[C@H](O)C(O)C1O)OC(=O)CCCCCCCCCCCCCCCC. The number of hydrogen-bond acceptors (Lipinski definition) is 15. The molecule has 0 aliphatic carbocycles. The van der Waals surface area contributed by atoms with E-state index >= 15 is 0 Å². The number of hydrogen-bond donors (Lipinski definition) is 7. The first-order chi connectivity index (χ1) is 31.5. The Labute approximate surface area is 389 Å². The Morgan fingerprint density at radius 1 is 0.492 bits per heavy atom. The van der Waals surface area contributed by atoms with E-state index in [-0.39, 0.29) is 19.4 Å². The maximum Gasteiger partial charge on any atom is 0.306 e. The summed E-state index contributed by atoms with van der Waals surface area (Å²) >= 11 is 0. The van der Waals surface area contributed by atoms with Crippen LogP contribution in [0.25, 0.3) is 0 Å². The van der Waals surface area contributed by atoms with Crippen LogP contribution in [0.5, 0.6) is 0 Å². The van der Waals surface area contributed by atoms with E-state index in [1.54, 1.807) is 0 Å². The van der Waals surface area contributed by atoms with Gasteiger partial charge in [-0.1, -0.05) is 147 Å². The molecule has 378 valence electrons. The molecule has 0 aromatic rings. The average molecular weight is 929 g/mol. The lowest BCUT2D eigenvalue weighted by molar-refractivity contribution is -0.332. The van der Waals surface area contributed by atoms with Gasteiger partial charge < -0.3 is 64.2 Å². The molecule has 2 rings (SSSR count). The monoisotopic (exact) mass is 929 g/mol. The van der Waals surface area contributed by atoms with Gasteiger partial charge in [0.2, 0.25) is 0 Å². The summed E-state index contributed by atoms with van der Waals surface area (Å²) in [5, 5.41) is 72.0. The number of esters is 2. The van der Waals surface area contributed by atoms with E-state index in [9.17, 15) is 45.3 Å². The number of carbonyl (C=O) groups is 2. The van der Waals surface area contributed by atoms with Crippen molar-refractivity contribution in [2.45, 2.75) is 242 Å². The molecule has 65 heavy (non-hydrogen) atoms. The molecule has 15 heteroatoms. The molecule has 0 bridgehead atoms. The molecule has 7 N–H and O–H groups in total. The standard InChI is InChI=1S/C50H88O15/c1-3-5-7-9-11-13-15-17-19-21-22-24-26-28-30-32-41(52)60-35-38(63-42(53)33-31-29-27-25-23-20-18-16-14-12-10-8-6-4-2)36-61-49-48(59)46(57)44(55)40(65-49)37-62-50-47(58)45(56)43(54)39(34-51)64-50/h11,13,17,19,22,24,38-40,43-51,54-59H,3-10,12,14-16,18,20-21,23,25-37H2,1-2H3/b13-11+,19-17+,24-22+/t38-,39-,40-,43+,44+,45?,46?,47?,48?,49-,50-/m1/s1. The number of ether oxygens (including phenoxy) is 6. The Hall–Kier alpha value is -2.28. The molecule has 4 unspecified atom stereocenters. The number of aliphatic hydroxyl groups is 7. The fraction of sp³-hybridized carbons (Fsp3) is 0.840. The molecule has 0 spiro atoms. The highest BCUT2D eigenvalue weighted by atomic mass is 16.7. The van der Waals surface area contributed by atoms with E-state index in [1.165, 1.54) is 83.5 Å². The Morgan fingerprint density at radius 2 is 0.923 bits per heavy atom. The van der Waals surface area contributed by atoms with Crippen molar-refractivity contribution in [2.24, 2.45) is 0 Å². The molecule has 0 aromatic carbocycles. The molecule has 0 amide bonds. The average Bonchev–Trinajstić information content (AvgIpc) is 3.30. The van der Waals surface area contributed by atoms with Crippen molar-refractivity contribution in [3.05, 3.63) is 36.5 Å². The fourth-order valence-corrected chi connectivity index (χ4v) is 7.69. The van der Waals surface area contributed by atoms with E-state index in [0.717, 1.165) is 51.4 Å². The molecule has 0 aromatic heterocycles. The van der Waals surface area contributed by atoms with Crippen molar-refractivity contribution >= 4 is 11.9 Å². The molecule has 0 radical (unpaired) electrons. The Balaban J connectivity index is 1.84. The molecule has 2 aliphatic rings. The third-order valence-electron chi connectivity index (χ3n) is 11.9. The van der Waals surface area contributed by atoms with E-state index in [0.29, 0.717) is 12.8 Å². The van der Waals surface area contributed by atoms with Gasteiger partial charge in [-0.25, -0.2) is 0 Å². The number of aliphatic hydroxyl groups excluding tert-OH is 7. The summed E-state index contributed by atoms with van der Waals surface area (Å²) in [6, 6.07) is 0. The third-order valence-corrected chi connectivity index (χ3v) is 11.9. The zero-order chi connectivity index (χ0) is 47.5. The lowest BCUT2D eigenvalue weighted by atomic mass is 9.98. The second-order valence-electron chi connectivity index (χ2n) is 17.6. The van der Waals surface area contributed by atoms with Gasteiger partial charge >= 0.3 is 11.9 Å². The molecule has 2 aliphatic heterocycles. The fourth-order valence-electron chi connectivity index (χ4n) is 7.69. The minimum atomic E-state index is -1.77. The van der Waals surface area contributed by atoms with E-state index in [4.69, 9.17) is 28.4 Å². The molecule has 0 saturated carbocycles. The van der Waals surface area contributed by atoms with Crippen molar-refractivity contribution in [1.29, 1.82) is 0 Å². The van der Waals surface area contributed by atoms with Crippen LogP contribution in [0.4, 0.5) is 0 Å². The van der Waals surface area contributed by atoms with Gasteiger partial charge in [-0.2, -0.15) is 0 Å². The van der Waals surface area contributed by atoms with Crippen molar-refractivity contribution in [3.8, 4) is 0 Å². The molecule has 11 atom stereocenters. The highest BCUT2D eigenvalue weighted by Gasteiger charge is 2.47. The summed E-state index contributed by atoms with van der Waals surface area (Å²) in [6.45, 7) is 2.52. The molecular weight excluding hydrogens is 841 g/mol. The van der Waals surface area contributed by atoms with Crippen LogP contribution in [-0.2, 0) is 38.0 Å². The van der Waals surface area contributed by atoms with Crippen LogP contribution in [0.2, 0.25) is 0 Å². The summed E-state index contributed by atoms with van der Waals surface area (Å²) in [7, 11) is 0. The van der Waals surface area contributed by atoms with Crippen LogP contribution in [0.15, 0.2) is 36.5 Å². The highest BCUT2D eigenvalue weighted by molar-refractivity contribution is 5.70. The Morgan fingerprint density at radius 3 is 1.48 bits per heavy atom. The summed E-state index contributed by atoms with van der Waals surface area (Å²) < 4.78 is 33.5. The van der Waals surface area contributed by atoms with Gasteiger partial charge in [0, 0.05) is 12.8 Å². The zero-order valence-electron chi connectivity index (χ0n) is 39.7. The first-order valence-corrected chi connectivity index (χ1v) is 25.1. The van der Waals surface area contributed by atoms with Crippen LogP contribution >= 0.6 is 0 Å². The van der Waals surface area contributed by atoms with Crippen molar-refractivity contribution in [3.63, 3.8) is 0 Å². The van der Waals surface area contributed by atoms with Crippen LogP contribution < -0.4 is 0 Å².